The van der Waals surface area contributed by atoms with Crippen LogP contribution in [0.3, 0.4) is 0 Å². The van der Waals surface area contributed by atoms with Crippen LogP contribution < -0.4 is 16.2 Å². The highest BCUT2D eigenvalue weighted by molar-refractivity contribution is 9.10. The minimum absolute atomic E-state index is 0.0651. The molecule has 2 saturated carbocycles. The van der Waals surface area contributed by atoms with Crippen LogP contribution in [0.2, 0.25) is 0 Å². The summed E-state index contributed by atoms with van der Waals surface area (Å²) in [5.74, 6) is 1.19. The number of amides is 2. The fourth-order valence-corrected chi connectivity index (χ4v) is 6.47. The maximum atomic E-state index is 13.4. The smallest absolute Gasteiger partial charge is 0.248 e. The molecule has 2 aliphatic heterocycles. The average molecular weight is 511 g/mol. The molecule has 31 heavy (non-hydrogen) atoms. The van der Waals surface area contributed by atoms with Crippen molar-refractivity contribution in [1.82, 2.24) is 20.7 Å². The zero-order valence-corrected chi connectivity index (χ0v) is 20.2. The predicted octanol–water partition coefficient (Wildman–Crippen LogP) is 3.32. The van der Waals surface area contributed by atoms with Crippen molar-refractivity contribution in [2.75, 3.05) is 5.32 Å². The summed E-state index contributed by atoms with van der Waals surface area (Å²) in [6.45, 7) is 4.10. The number of likely N-dealkylation sites (tertiary alicyclic amines) is 1. The lowest BCUT2D eigenvalue weighted by Gasteiger charge is -2.33. The Labute approximate surface area is 196 Å². The fraction of sp³-hybridized carbons (Fsp3) is 0.682. The second kappa shape index (κ2) is 7.97. The van der Waals surface area contributed by atoms with Gasteiger partial charge in [0.25, 0.3) is 0 Å². The number of aromatic nitrogens is 1. The van der Waals surface area contributed by atoms with Gasteiger partial charge >= 0.3 is 0 Å². The Balaban J connectivity index is 1.27. The largest absolute Gasteiger partial charge is 0.327 e. The maximum absolute atomic E-state index is 13.4. The molecule has 4 fully saturated rings. The number of alkyl halides is 1. The summed E-state index contributed by atoms with van der Waals surface area (Å²) in [5.41, 5.74) is 7.27. The van der Waals surface area contributed by atoms with Gasteiger partial charge in [-0.2, -0.15) is 0 Å². The molecule has 3 heterocycles. The molecule has 1 aromatic heterocycles. The van der Waals surface area contributed by atoms with Crippen LogP contribution in [0.1, 0.15) is 51.0 Å². The number of carbonyl (C=O) groups excluding carboxylic acids is 2. The van der Waals surface area contributed by atoms with Gasteiger partial charge in [-0.3, -0.25) is 15.0 Å². The van der Waals surface area contributed by atoms with E-state index in [0.29, 0.717) is 34.7 Å². The molecule has 1 aromatic rings. The van der Waals surface area contributed by atoms with Gasteiger partial charge in [0.2, 0.25) is 11.8 Å². The third-order valence-electron chi connectivity index (χ3n) is 7.78. The first-order chi connectivity index (χ1) is 14.7. The Kier molecular flexibility index (Phi) is 5.56. The number of rotatable bonds is 4. The number of anilines is 1. The molecule has 0 radical (unpaired) electrons. The van der Waals surface area contributed by atoms with Gasteiger partial charge in [-0.25, -0.2) is 10.4 Å². The van der Waals surface area contributed by atoms with Gasteiger partial charge in [-0.1, -0.05) is 13.0 Å². The Hall–Kier alpha value is -1.22. The molecule has 7 atom stereocenters. The highest BCUT2D eigenvalue weighted by Crippen LogP contribution is 2.59. The molecular formula is C22H29BrClN5O2. The summed E-state index contributed by atoms with van der Waals surface area (Å²) in [6.07, 6.45) is 5.19. The number of hydrazine groups is 1. The molecule has 0 spiro atoms. The van der Waals surface area contributed by atoms with Crippen molar-refractivity contribution < 1.29 is 9.59 Å². The minimum atomic E-state index is -0.427. The van der Waals surface area contributed by atoms with Crippen molar-refractivity contribution in [2.45, 2.75) is 76.0 Å². The second-order valence-electron chi connectivity index (χ2n) is 10.0. The molecule has 2 amide bonds. The van der Waals surface area contributed by atoms with Gasteiger partial charge in [0.1, 0.15) is 16.5 Å². The van der Waals surface area contributed by atoms with Crippen molar-refractivity contribution in [3.8, 4) is 0 Å². The van der Waals surface area contributed by atoms with E-state index in [1.165, 1.54) is 0 Å². The first kappa shape index (κ1) is 21.6. The molecule has 3 N–H and O–H groups in total. The summed E-state index contributed by atoms with van der Waals surface area (Å²) in [7, 11) is 0. The lowest BCUT2D eigenvalue weighted by atomic mass is 9.77. The molecule has 0 bridgehead atoms. The fourth-order valence-electron chi connectivity index (χ4n) is 5.82. The average Bonchev–Trinajstić information content (AvgIpc) is 3.08. The number of carbonyl (C=O) groups is 2. The zero-order chi connectivity index (χ0) is 21.9. The van der Waals surface area contributed by atoms with E-state index in [4.69, 9.17) is 11.6 Å². The van der Waals surface area contributed by atoms with Crippen molar-refractivity contribution in [3.63, 3.8) is 0 Å². The minimum Gasteiger partial charge on any atom is -0.327 e. The van der Waals surface area contributed by atoms with E-state index >= 15 is 0 Å². The van der Waals surface area contributed by atoms with E-state index in [1.54, 1.807) is 0 Å². The lowest BCUT2D eigenvalue weighted by molar-refractivity contribution is -0.139. The van der Waals surface area contributed by atoms with Gasteiger partial charge in [0.05, 0.1) is 5.50 Å². The molecule has 2 saturated heterocycles. The summed E-state index contributed by atoms with van der Waals surface area (Å²) in [6, 6.07) is 3.91. The third-order valence-corrected chi connectivity index (χ3v) is 8.66. The van der Waals surface area contributed by atoms with Crippen LogP contribution in [0.5, 0.6) is 0 Å². The van der Waals surface area contributed by atoms with Crippen LogP contribution in [0, 0.1) is 24.2 Å². The number of halogens is 2. The van der Waals surface area contributed by atoms with Crippen LogP contribution in [0.25, 0.3) is 0 Å². The number of pyridine rings is 1. The monoisotopic (exact) mass is 509 g/mol. The van der Waals surface area contributed by atoms with Crippen LogP contribution in [-0.2, 0) is 9.59 Å². The normalized spacial score (nSPS) is 38.5. The highest BCUT2D eigenvalue weighted by atomic mass is 79.9. The number of hydrogen-bond donors (Lipinski definition) is 3. The van der Waals surface area contributed by atoms with Gasteiger partial charge in [0.15, 0.2) is 0 Å². The molecule has 7 nitrogen and oxygen atoms in total. The first-order valence-corrected chi connectivity index (χ1v) is 12.4. The van der Waals surface area contributed by atoms with E-state index in [9.17, 15) is 9.59 Å². The van der Waals surface area contributed by atoms with Crippen molar-refractivity contribution >= 4 is 45.2 Å². The number of fused-ring (bicyclic) bond motifs is 2. The standard InChI is InChI=1S/C22H29BrClN5O2/c1-11-3-6-17(23)25-20(11)26-21(31)15-9-22(2)10-16(22)29(15)18(30)8-12-4-5-14-13(7-12)19(24)28-27-14/h3,6,12-16,19,27-28H,4-5,7-10H2,1-2H3,(H,25,26,31)/t12?,13?,14?,15-,16+,19?,22-/m0/s1. The first-order valence-electron chi connectivity index (χ1n) is 11.2. The quantitative estimate of drug-likeness (QED) is 0.329. The number of piperidine rings is 1. The molecular weight excluding hydrogens is 482 g/mol. The van der Waals surface area contributed by atoms with E-state index < -0.39 is 6.04 Å². The SMILES string of the molecule is Cc1ccc(Br)nc1NC(=O)[C@@H]1C[C@@]2(C)C[C@H]2N1C(=O)CC1CCC2NNC(Cl)C2C1. The van der Waals surface area contributed by atoms with Gasteiger partial charge in [-0.15, -0.1) is 11.6 Å². The molecule has 9 heteroatoms. The molecule has 2 aliphatic carbocycles. The number of hydrogen-bond acceptors (Lipinski definition) is 5. The molecule has 5 rings (SSSR count). The van der Waals surface area contributed by atoms with Crippen LogP contribution >= 0.6 is 27.5 Å². The summed E-state index contributed by atoms with van der Waals surface area (Å²) in [4.78, 5) is 32.9. The summed E-state index contributed by atoms with van der Waals surface area (Å²) in [5, 5.41) is 2.97. The summed E-state index contributed by atoms with van der Waals surface area (Å²) >= 11 is 9.76. The van der Waals surface area contributed by atoms with Crippen LogP contribution in [-0.4, -0.2) is 45.3 Å². The Bertz CT molecular complexity index is 916. The van der Waals surface area contributed by atoms with Crippen LogP contribution in [0.4, 0.5) is 5.82 Å². The molecule has 0 aromatic carbocycles. The second-order valence-corrected chi connectivity index (χ2v) is 11.3. The van der Waals surface area contributed by atoms with Gasteiger partial charge < -0.3 is 10.2 Å². The number of nitrogens with zero attached hydrogens (tertiary/aromatic N) is 2. The Morgan fingerprint density at radius 2 is 2.13 bits per heavy atom. The maximum Gasteiger partial charge on any atom is 0.248 e. The van der Waals surface area contributed by atoms with Crippen LogP contribution in [0.15, 0.2) is 16.7 Å². The van der Waals surface area contributed by atoms with Crippen molar-refractivity contribution in [1.29, 1.82) is 0 Å². The van der Waals surface area contributed by atoms with E-state index in [2.05, 4.69) is 44.0 Å². The number of nitrogens with one attached hydrogen (secondary N) is 3. The van der Waals surface area contributed by atoms with Gasteiger partial charge in [0, 0.05) is 24.4 Å². The summed E-state index contributed by atoms with van der Waals surface area (Å²) < 4.78 is 0.673. The lowest BCUT2D eigenvalue weighted by Crippen LogP contribution is -2.46. The Morgan fingerprint density at radius 3 is 2.94 bits per heavy atom. The Morgan fingerprint density at radius 1 is 1.32 bits per heavy atom. The van der Waals surface area contributed by atoms with E-state index in [1.807, 2.05) is 24.0 Å². The zero-order valence-electron chi connectivity index (χ0n) is 17.8. The van der Waals surface area contributed by atoms with E-state index in [0.717, 1.165) is 37.7 Å². The van der Waals surface area contributed by atoms with Crippen molar-refractivity contribution in [2.24, 2.45) is 17.3 Å². The molecule has 168 valence electrons. The third kappa shape index (κ3) is 4.01. The van der Waals surface area contributed by atoms with E-state index in [-0.39, 0.29) is 28.8 Å². The highest BCUT2D eigenvalue weighted by Gasteiger charge is 2.64. The predicted molar refractivity (Wildman–Crippen MR) is 122 cm³/mol. The molecule has 4 aliphatic rings. The van der Waals surface area contributed by atoms with Gasteiger partial charge in [-0.05, 0) is 77.9 Å². The molecule has 4 unspecified atom stereocenters. The van der Waals surface area contributed by atoms with Crippen molar-refractivity contribution in [3.05, 3.63) is 22.3 Å². The topological polar surface area (TPSA) is 86.4 Å². The number of aryl methyl sites for hydroxylation is 1.